The summed E-state index contributed by atoms with van der Waals surface area (Å²) in [6.07, 6.45) is 0. The van der Waals surface area contributed by atoms with Crippen molar-refractivity contribution < 1.29 is 5.11 Å². The van der Waals surface area contributed by atoms with Gasteiger partial charge in [-0.25, -0.2) is 0 Å². The van der Waals surface area contributed by atoms with Crippen molar-refractivity contribution in [1.29, 1.82) is 0 Å². The molecule has 1 N–H and O–H groups in total. The molecule has 0 aliphatic carbocycles. The van der Waals surface area contributed by atoms with E-state index in [9.17, 15) is 0 Å². The van der Waals surface area contributed by atoms with Crippen molar-refractivity contribution in [3.8, 4) is 0 Å². The molecule has 0 bridgehead atoms. The van der Waals surface area contributed by atoms with Crippen molar-refractivity contribution in [1.82, 2.24) is 0 Å². The van der Waals surface area contributed by atoms with E-state index in [0.717, 1.165) is 16.0 Å². The third-order valence-electron chi connectivity index (χ3n) is 1.59. The van der Waals surface area contributed by atoms with E-state index in [4.69, 9.17) is 5.11 Å². The van der Waals surface area contributed by atoms with Crippen LogP contribution in [0.2, 0.25) is 0 Å². The molecule has 1 rings (SSSR count). The number of aliphatic hydroxyl groups excluding tert-OH is 1. The van der Waals surface area contributed by atoms with Gasteiger partial charge in [0.25, 0.3) is 0 Å². The summed E-state index contributed by atoms with van der Waals surface area (Å²) in [5, 5.41) is 8.81. The summed E-state index contributed by atoms with van der Waals surface area (Å²) in [5.41, 5.74) is 2.01. The van der Waals surface area contributed by atoms with Gasteiger partial charge in [-0.05, 0) is 24.1 Å². The molecule has 0 heterocycles. The largest absolute Gasteiger partial charge is 0.392 e. The van der Waals surface area contributed by atoms with Crippen molar-refractivity contribution in [3.63, 3.8) is 0 Å². The Morgan fingerprint density at radius 1 is 1.50 bits per heavy atom. The summed E-state index contributed by atoms with van der Waals surface area (Å²) in [7, 11) is 0. The molecular formula is C8H10OS. The van der Waals surface area contributed by atoms with Gasteiger partial charge in [-0.2, -0.15) is 0 Å². The van der Waals surface area contributed by atoms with E-state index in [1.165, 1.54) is 0 Å². The first-order chi connectivity index (χ1) is 4.75. The molecule has 1 aromatic carbocycles. The molecule has 0 aromatic heterocycles. The molecule has 1 aromatic rings. The van der Waals surface area contributed by atoms with Gasteiger partial charge in [-0.1, -0.05) is 12.1 Å². The third-order valence-corrected chi connectivity index (χ3v) is 2.07. The molecular weight excluding hydrogens is 144 g/mol. The van der Waals surface area contributed by atoms with Crippen LogP contribution in [0.4, 0.5) is 0 Å². The number of thiol groups is 1. The first-order valence-corrected chi connectivity index (χ1v) is 3.58. The predicted molar refractivity (Wildman–Crippen MR) is 44.4 cm³/mol. The lowest BCUT2D eigenvalue weighted by Crippen LogP contribution is -1.88. The van der Waals surface area contributed by atoms with Crippen molar-refractivity contribution in [3.05, 3.63) is 29.3 Å². The monoisotopic (exact) mass is 154 g/mol. The second-order valence-electron chi connectivity index (χ2n) is 2.22. The Hall–Kier alpha value is -0.470. The highest BCUT2D eigenvalue weighted by atomic mass is 32.1. The van der Waals surface area contributed by atoms with Gasteiger partial charge in [-0.3, -0.25) is 0 Å². The van der Waals surface area contributed by atoms with Gasteiger partial charge >= 0.3 is 0 Å². The van der Waals surface area contributed by atoms with Crippen LogP contribution in [-0.2, 0) is 6.61 Å². The van der Waals surface area contributed by atoms with Gasteiger partial charge in [-0.15, -0.1) is 12.6 Å². The van der Waals surface area contributed by atoms with Crippen LogP contribution in [0.15, 0.2) is 23.1 Å². The zero-order chi connectivity index (χ0) is 7.56. The maximum atomic E-state index is 8.81. The third kappa shape index (κ3) is 1.33. The Balaban J connectivity index is 3.14. The van der Waals surface area contributed by atoms with E-state index < -0.39 is 0 Å². The van der Waals surface area contributed by atoms with E-state index in [2.05, 4.69) is 12.6 Å². The van der Waals surface area contributed by atoms with Gasteiger partial charge in [0, 0.05) is 4.90 Å². The second-order valence-corrected chi connectivity index (χ2v) is 2.70. The van der Waals surface area contributed by atoms with Crippen molar-refractivity contribution in [2.45, 2.75) is 18.4 Å². The van der Waals surface area contributed by atoms with Gasteiger partial charge < -0.3 is 5.11 Å². The van der Waals surface area contributed by atoms with E-state index in [1.54, 1.807) is 0 Å². The fourth-order valence-electron chi connectivity index (χ4n) is 0.841. The molecule has 0 saturated carbocycles. The number of hydrogen-bond acceptors (Lipinski definition) is 2. The van der Waals surface area contributed by atoms with Crippen LogP contribution in [-0.4, -0.2) is 5.11 Å². The molecule has 2 heteroatoms. The fraction of sp³-hybridized carbons (Fsp3) is 0.250. The Bertz CT molecular complexity index is 233. The topological polar surface area (TPSA) is 20.2 Å². The first-order valence-electron chi connectivity index (χ1n) is 3.14. The van der Waals surface area contributed by atoms with Gasteiger partial charge in [0.15, 0.2) is 0 Å². The van der Waals surface area contributed by atoms with E-state index >= 15 is 0 Å². The van der Waals surface area contributed by atoms with Crippen LogP contribution >= 0.6 is 12.6 Å². The SMILES string of the molecule is Cc1c(S)cccc1CO. The second kappa shape index (κ2) is 3.08. The highest BCUT2D eigenvalue weighted by Gasteiger charge is 1.97. The van der Waals surface area contributed by atoms with Crippen LogP contribution in [0, 0.1) is 6.92 Å². The minimum atomic E-state index is 0.0975. The molecule has 0 saturated heterocycles. The maximum Gasteiger partial charge on any atom is 0.0684 e. The molecule has 54 valence electrons. The standard InChI is InChI=1S/C8H10OS/c1-6-7(5-9)3-2-4-8(6)10/h2-4,9-10H,5H2,1H3. The van der Waals surface area contributed by atoms with Crippen molar-refractivity contribution in [2.24, 2.45) is 0 Å². The van der Waals surface area contributed by atoms with Gasteiger partial charge in [0.05, 0.1) is 6.61 Å². The quantitative estimate of drug-likeness (QED) is 0.591. The lowest BCUT2D eigenvalue weighted by atomic mass is 10.1. The molecule has 0 spiro atoms. The minimum Gasteiger partial charge on any atom is -0.392 e. The fourth-order valence-corrected chi connectivity index (χ4v) is 1.07. The van der Waals surface area contributed by atoms with Crippen LogP contribution < -0.4 is 0 Å². The lowest BCUT2D eigenvalue weighted by Gasteiger charge is -2.02. The smallest absolute Gasteiger partial charge is 0.0684 e. The summed E-state index contributed by atoms with van der Waals surface area (Å²) in [4.78, 5) is 0.937. The van der Waals surface area contributed by atoms with Gasteiger partial charge in [0.1, 0.15) is 0 Å². The van der Waals surface area contributed by atoms with E-state index in [0.29, 0.717) is 0 Å². The Labute approximate surface area is 66.1 Å². The Morgan fingerprint density at radius 3 is 2.70 bits per heavy atom. The van der Waals surface area contributed by atoms with Crippen molar-refractivity contribution in [2.75, 3.05) is 0 Å². The zero-order valence-corrected chi connectivity index (χ0v) is 6.73. The van der Waals surface area contributed by atoms with Crippen LogP contribution in [0.1, 0.15) is 11.1 Å². The molecule has 0 aliphatic heterocycles. The number of rotatable bonds is 1. The lowest BCUT2D eigenvalue weighted by molar-refractivity contribution is 0.280. The number of benzene rings is 1. The average Bonchev–Trinajstić information content (AvgIpc) is 1.95. The van der Waals surface area contributed by atoms with Crippen LogP contribution in [0.25, 0.3) is 0 Å². The summed E-state index contributed by atoms with van der Waals surface area (Å²) in [6.45, 7) is 2.05. The molecule has 0 amide bonds. The van der Waals surface area contributed by atoms with Crippen LogP contribution in [0.5, 0.6) is 0 Å². The van der Waals surface area contributed by atoms with E-state index in [-0.39, 0.29) is 6.61 Å². The first kappa shape index (κ1) is 7.63. The van der Waals surface area contributed by atoms with E-state index in [1.807, 2.05) is 25.1 Å². The summed E-state index contributed by atoms with van der Waals surface area (Å²) in [5.74, 6) is 0. The normalized spacial score (nSPS) is 9.90. The molecule has 10 heavy (non-hydrogen) atoms. The summed E-state index contributed by atoms with van der Waals surface area (Å²) >= 11 is 4.21. The molecule has 0 atom stereocenters. The highest BCUT2D eigenvalue weighted by Crippen LogP contribution is 2.16. The minimum absolute atomic E-state index is 0.0975. The van der Waals surface area contributed by atoms with Crippen molar-refractivity contribution >= 4 is 12.6 Å². The Kier molecular flexibility index (Phi) is 2.35. The number of aliphatic hydroxyl groups is 1. The summed E-state index contributed by atoms with van der Waals surface area (Å²) in [6, 6.07) is 5.70. The highest BCUT2D eigenvalue weighted by molar-refractivity contribution is 7.80. The molecule has 0 unspecified atom stereocenters. The summed E-state index contributed by atoms with van der Waals surface area (Å²) < 4.78 is 0. The molecule has 0 radical (unpaired) electrons. The zero-order valence-electron chi connectivity index (χ0n) is 5.83. The maximum absolute atomic E-state index is 8.81. The molecule has 1 nitrogen and oxygen atoms in total. The average molecular weight is 154 g/mol. The molecule has 0 fully saturated rings. The molecule has 0 aliphatic rings. The van der Waals surface area contributed by atoms with Crippen LogP contribution in [0.3, 0.4) is 0 Å². The van der Waals surface area contributed by atoms with Gasteiger partial charge in [0.2, 0.25) is 0 Å². The number of hydrogen-bond donors (Lipinski definition) is 2. The predicted octanol–water partition coefficient (Wildman–Crippen LogP) is 1.78. The Morgan fingerprint density at radius 2 is 2.20 bits per heavy atom.